The second-order valence-corrected chi connectivity index (χ2v) is 5.82. The van der Waals surface area contributed by atoms with Gasteiger partial charge in [0.05, 0.1) is 17.6 Å². The molecule has 0 bridgehead atoms. The largest absolute Gasteiger partial charge is 0.369 e. The van der Waals surface area contributed by atoms with Gasteiger partial charge in [-0.05, 0) is 29.8 Å². The van der Waals surface area contributed by atoms with Gasteiger partial charge in [0.15, 0.2) is 0 Å². The first-order valence-corrected chi connectivity index (χ1v) is 8.00. The molecule has 0 aliphatic rings. The van der Waals surface area contributed by atoms with E-state index in [0.29, 0.717) is 12.6 Å². The highest BCUT2D eigenvalue weighted by Crippen LogP contribution is 2.18. The Morgan fingerprint density at radius 3 is 2.50 bits per heavy atom. The topological polar surface area (TPSA) is 45.2 Å². The number of hydrogen-bond acceptors (Lipinski definition) is 3. The molecule has 0 unspecified atom stereocenters. The summed E-state index contributed by atoms with van der Waals surface area (Å²) in [4.78, 5) is 18.3. The summed E-state index contributed by atoms with van der Waals surface area (Å²) in [6, 6.07) is 16.3. The van der Waals surface area contributed by atoms with E-state index >= 15 is 0 Å². The lowest BCUT2D eigenvalue weighted by atomic mass is 10.2. The number of carbonyl (C=O) groups excluding carboxylic acids is 1. The second kappa shape index (κ2) is 7.74. The number of amides is 1. The third-order valence-corrected chi connectivity index (χ3v) is 3.86. The predicted octanol–water partition coefficient (Wildman–Crippen LogP) is 4.25. The molecular formula is C20H17F2N3O. The zero-order valence-electron chi connectivity index (χ0n) is 14.1. The van der Waals surface area contributed by atoms with Crippen LogP contribution in [0.25, 0.3) is 0 Å². The number of carbonyl (C=O) groups is 1. The highest BCUT2D eigenvalue weighted by atomic mass is 19.1. The monoisotopic (exact) mass is 353 g/mol. The molecule has 0 saturated carbocycles. The van der Waals surface area contributed by atoms with E-state index in [1.165, 1.54) is 6.07 Å². The molecule has 3 rings (SSSR count). The number of halogens is 2. The van der Waals surface area contributed by atoms with Gasteiger partial charge in [0.2, 0.25) is 0 Å². The number of aromatic nitrogens is 1. The smallest absolute Gasteiger partial charge is 0.274 e. The molecule has 0 radical (unpaired) electrons. The number of nitrogens with zero attached hydrogens (tertiary/aromatic N) is 2. The summed E-state index contributed by atoms with van der Waals surface area (Å²) in [5, 5.41) is 2.39. The third-order valence-electron chi connectivity index (χ3n) is 3.86. The maximum Gasteiger partial charge on any atom is 0.274 e. The summed E-state index contributed by atoms with van der Waals surface area (Å²) >= 11 is 0. The molecule has 26 heavy (non-hydrogen) atoms. The fourth-order valence-corrected chi connectivity index (χ4v) is 2.47. The van der Waals surface area contributed by atoms with Gasteiger partial charge in [-0.1, -0.05) is 30.3 Å². The zero-order valence-corrected chi connectivity index (χ0v) is 14.1. The van der Waals surface area contributed by atoms with Crippen LogP contribution in [0, 0.1) is 11.6 Å². The predicted molar refractivity (Wildman–Crippen MR) is 97.1 cm³/mol. The molecule has 0 aliphatic heterocycles. The second-order valence-electron chi connectivity index (χ2n) is 5.82. The minimum Gasteiger partial charge on any atom is -0.369 e. The minimum atomic E-state index is -0.836. The maximum absolute atomic E-state index is 13.6. The molecule has 132 valence electrons. The Kier molecular flexibility index (Phi) is 5.22. The van der Waals surface area contributed by atoms with Crippen molar-refractivity contribution in [3.05, 3.63) is 89.8 Å². The van der Waals surface area contributed by atoms with Crippen LogP contribution in [0.5, 0.6) is 0 Å². The van der Waals surface area contributed by atoms with Crippen LogP contribution in [-0.2, 0) is 6.54 Å². The fraction of sp³-hybridized carbons (Fsp3) is 0.100. The lowest BCUT2D eigenvalue weighted by molar-refractivity contribution is 0.102. The summed E-state index contributed by atoms with van der Waals surface area (Å²) in [5.41, 5.74) is 2.05. The molecule has 0 atom stereocenters. The number of benzene rings is 2. The molecule has 2 aromatic carbocycles. The zero-order chi connectivity index (χ0) is 18.5. The van der Waals surface area contributed by atoms with E-state index < -0.39 is 17.5 Å². The standard InChI is InChI=1S/C20H17F2N3O/c1-25(13-14-5-3-2-4-6-14)16-8-10-19(23-12-16)20(26)24-18-9-7-15(21)11-17(18)22/h2-12H,13H2,1H3,(H,24,26). The van der Waals surface area contributed by atoms with Gasteiger partial charge in [0, 0.05) is 19.7 Å². The SMILES string of the molecule is CN(Cc1ccccc1)c1ccc(C(=O)Nc2ccc(F)cc2F)nc1. The van der Waals surface area contributed by atoms with Crippen molar-refractivity contribution < 1.29 is 13.6 Å². The van der Waals surface area contributed by atoms with Crippen LogP contribution in [0.3, 0.4) is 0 Å². The Hall–Kier alpha value is -3.28. The molecule has 1 N–H and O–H groups in total. The van der Waals surface area contributed by atoms with Crippen LogP contribution < -0.4 is 10.2 Å². The van der Waals surface area contributed by atoms with E-state index in [4.69, 9.17) is 0 Å². The van der Waals surface area contributed by atoms with Crippen LogP contribution in [0.15, 0.2) is 66.9 Å². The fourth-order valence-electron chi connectivity index (χ4n) is 2.47. The summed E-state index contributed by atoms with van der Waals surface area (Å²) in [7, 11) is 1.93. The van der Waals surface area contributed by atoms with Crippen LogP contribution in [0.1, 0.15) is 16.1 Å². The maximum atomic E-state index is 13.6. The molecule has 3 aromatic rings. The van der Waals surface area contributed by atoms with E-state index in [-0.39, 0.29) is 11.4 Å². The van der Waals surface area contributed by atoms with Crippen molar-refractivity contribution in [2.45, 2.75) is 6.54 Å². The van der Waals surface area contributed by atoms with E-state index in [2.05, 4.69) is 10.3 Å². The van der Waals surface area contributed by atoms with E-state index in [9.17, 15) is 13.6 Å². The average Bonchev–Trinajstić information content (AvgIpc) is 2.65. The number of rotatable bonds is 5. The Labute approximate surface area is 150 Å². The lowest BCUT2D eigenvalue weighted by Crippen LogP contribution is -2.18. The third kappa shape index (κ3) is 4.22. The van der Waals surface area contributed by atoms with E-state index in [1.54, 1.807) is 18.3 Å². The lowest BCUT2D eigenvalue weighted by Gasteiger charge is -2.19. The summed E-state index contributed by atoms with van der Waals surface area (Å²) in [6.07, 6.45) is 1.58. The Balaban J connectivity index is 1.67. The minimum absolute atomic E-state index is 0.0940. The molecule has 6 heteroatoms. The van der Waals surface area contributed by atoms with Crippen molar-refractivity contribution in [2.75, 3.05) is 17.3 Å². The van der Waals surface area contributed by atoms with Gasteiger partial charge in [0.1, 0.15) is 17.3 Å². The van der Waals surface area contributed by atoms with Crippen molar-refractivity contribution in [1.82, 2.24) is 4.98 Å². The molecule has 4 nitrogen and oxygen atoms in total. The highest BCUT2D eigenvalue weighted by molar-refractivity contribution is 6.03. The number of hydrogen-bond donors (Lipinski definition) is 1. The van der Waals surface area contributed by atoms with Crippen LogP contribution in [0.2, 0.25) is 0 Å². The summed E-state index contributed by atoms with van der Waals surface area (Å²) in [5.74, 6) is -2.10. The van der Waals surface area contributed by atoms with Crippen molar-refractivity contribution in [3.63, 3.8) is 0 Å². The first-order chi connectivity index (χ1) is 12.5. The van der Waals surface area contributed by atoms with Gasteiger partial charge in [-0.2, -0.15) is 0 Å². The van der Waals surface area contributed by atoms with Gasteiger partial charge in [-0.25, -0.2) is 13.8 Å². The van der Waals surface area contributed by atoms with E-state index in [1.807, 2.05) is 42.3 Å². The van der Waals surface area contributed by atoms with Crippen molar-refractivity contribution in [2.24, 2.45) is 0 Å². The molecule has 0 saturated heterocycles. The normalized spacial score (nSPS) is 10.4. The van der Waals surface area contributed by atoms with Crippen molar-refractivity contribution >= 4 is 17.3 Å². The van der Waals surface area contributed by atoms with Gasteiger partial charge in [0.25, 0.3) is 5.91 Å². The Bertz CT molecular complexity index is 899. The van der Waals surface area contributed by atoms with Crippen molar-refractivity contribution in [1.29, 1.82) is 0 Å². The molecule has 0 aliphatic carbocycles. The first-order valence-electron chi connectivity index (χ1n) is 8.00. The van der Waals surface area contributed by atoms with Gasteiger partial charge < -0.3 is 10.2 Å². The Morgan fingerprint density at radius 1 is 1.08 bits per heavy atom. The summed E-state index contributed by atoms with van der Waals surface area (Å²) in [6.45, 7) is 0.703. The van der Waals surface area contributed by atoms with Gasteiger partial charge in [-0.15, -0.1) is 0 Å². The molecular weight excluding hydrogens is 336 g/mol. The number of pyridine rings is 1. The van der Waals surface area contributed by atoms with Crippen LogP contribution >= 0.6 is 0 Å². The van der Waals surface area contributed by atoms with Gasteiger partial charge >= 0.3 is 0 Å². The van der Waals surface area contributed by atoms with Crippen LogP contribution in [-0.4, -0.2) is 17.9 Å². The Morgan fingerprint density at radius 2 is 1.85 bits per heavy atom. The molecule has 1 aromatic heterocycles. The number of anilines is 2. The molecule has 1 amide bonds. The van der Waals surface area contributed by atoms with E-state index in [0.717, 1.165) is 17.3 Å². The highest BCUT2D eigenvalue weighted by Gasteiger charge is 2.12. The quantitative estimate of drug-likeness (QED) is 0.746. The average molecular weight is 353 g/mol. The van der Waals surface area contributed by atoms with Gasteiger partial charge in [-0.3, -0.25) is 4.79 Å². The first kappa shape index (κ1) is 17.5. The summed E-state index contributed by atoms with van der Waals surface area (Å²) < 4.78 is 26.5. The molecule has 0 spiro atoms. The molecule has 1 heterocycles. The molecule has 0 fully saturated rings. The van der Waals surface area contributed by atoms with Crippen molar-refractivity contribution in [3.8, 4) is 0 Å². The number of nitrogens with one attached hydrogen (secondary N) is 1. The van der Waals surface area contributed by atoms with Crippen LogP contribution in [0.4, 0.5) is 20.2 Å².